The predicted molar refractivity (Wildman–Crippen MR) is 71.1 cm³/mol. The predicted octanol–water partition coefficient (Wildman–Crippen LogP) is 1.23. The average Bonchev–Trinajstić information content (AvgIpc) is 3.20. The quantitative estimate of drug-likeness (QED) is 0.843. The lowest BCUT2D eigenvalue weighted by Crippen LogP contribution is -2.21. The molecule has 1 aliphatic carbocycles. The number of nitrogens with zero attached hydrogens (tertiary/aromatic N) is 2. The molecule has 0 unspecified atom stereocenters. The highest BCUT2D eigenvalue weighted by molar-refractivity contribution is 7.89. The molecule has 6 heteroatoms. The van der Waals surface area contributed by atoms with E-state index in [9.17, 15) is 8.42 Å². The Morgan fingerprint density at radius 2 is 2.17 bits per heavy atom. The summed E-state index contributed by atoms with van der Waals surface area (Å²) in [5, 5.41) is 0. The standard InChI is InChI=1S/C12H19N3O2S/c1-13-18(16,17)11-5-6-12(14-9-11)15(2)8-7-10-3-4-10/h5-6,9-10,13H,3-4,7-8H2,1-2H3. The Bertz CT molecular complexity index is 495. The fraction of sp³-hybridized carbons (Fsp3) is 0.583. The van der Waals surface area contributed by atoms with Crippen LogP contribution in [0.1, 0.15) is 19.3 Å². The van der Waals surface area contributed by atoms with Crippen LogP contribution in [-0.4, -0.2) is 34.0 Å². The second kappa shape index (κ2) is 5.24. The van der Waals surface area contributed by atoms with Gasteiger partial charge in [0, 0.05) is 19.8 Å². The van der Waals surface area contributed by atoms with Gasteiger partial charge in [0.15, 0.2) is 0 Å². The molecule has 0 spiro atoms. The van der Waals surface area contributed by atoms with Gasteiger partial charge in [-0.25, -0.2) is 18.1 Å². The first-order valence-electron chi connectivity index (χ1n) is 6.13. The van der Waals surface area contributed by atoms with Crippen molar-refractivity contribution < 1.29 is 8.42 Å². The number of nitrogens with one attached hydrogen (secondary N) is 1. The minimum absolute atomic E-state index is 0.198. The van der Waals surface area contributed by atoms with Crippen molar-refractivity contribution in [3.05, 3.63) is 18.3 Å². The summed E-state index contributed by atoms with van der Waals surface area (Å²) in [6.07, 6.45) is 5.28. The van der Waals surface area contributed by atoms with Crippen LogP contribution in [0.4, 0.5) is 5.82 Å². The van der Waals surface area contributed by atoms with Crippen LogP contribution >= 0.6 is 0 Å². The zero-order chi connectivity index (χ0) is 13.2. The van der Waals surface area contributed by atoms with E-state index in [4.69, 9.17) is 0 Å². The first-order chi connectivity index (χ1) is 8.53. The monoisotopic (exact) mass is 269 g/mol. The van der Waals surface area contributed by atoms with Crippen molar-refractivity contribution in [1.29, 1.82) is 0 Å². The summed E-state index contributed by atoms with van der Waals surface area (Å²) < 4.78 is 25.4. The number of rotatable bonds is 6. The fourth-order valence-corrected chi connectivity index (χ4v) is 2.45. The van der Waals surface area contributed by atoms with Gasteiger partial charge in [-0.3, -0.25) is 0 Å². The van der Waals surface area contributed by atoms with E-state index in [2.05, 4.69) is 14.6 Å². The number of sulfonamides is 1. The highest BCUT2D eigenvalue weighted by atomic mass is 32.2. The lowest BCUT2D eigenvalue weighted by Gasteiger charge is -2.18. The third-order valence-electron chi connectivity index (χ3n) is 3.26. The van der Waals surface area contributed by atoms with Crippen molar-refractivity contribution in [2.45, 2.75) is 24.2 Å². The highest BCUT2D eigenvalue weighted by Crippen LogP contribution is 2.32. The maximum atomic E-state index is 11.5. The van der Waals surface area contributed by atoms with Gasteiger partial charge in [0.25, 0.3) is 0 Å². The fourth-order valence-electron chi connectivity index (χ4n) is 1.77. The Labute approximate surface area is 108 Å². The van der Waals surface area contributed by atoms with Crippen LogP contribution in [0.3, 0.4) is 0 Å². The van der Waals surface area contributed by atoms with Gasteiger partial charge in [0.2, 0.25) is 10.0 Å². The van der Waals surface area contributed by atoms with Gasteiger partial charge in [-0.2, -0.15) is 0 Å². The summed E-state index contributed by atoms with van der Waals surface area (Å²) >= 11 is 0. The molecule has 1 N–H and O–H groups in total. The highest BCUT2D eigenvalue weighted by Gasteiger charge is 2.21. The van der Waals surface area contributed by atoms with E-state index in [0.29, 0.717) is 0 Å². The minimum atomic E-state index is -3.39. The largest absolute Gasteiger partial charge is 0.360 e. The number of pyridine rings is 1. The topological polar surface area (TPSA) is 62.3 Å². The number of hydrogen-bond donors (Lipinski definition) is 1. The Hall–Kier alpha value is -1.14. The zero-order valence-electron chi connectivity index (χ0n) is 10.8. The summed E-state index contributed by atoms with van der Waals surface area (Å²) in [6.45, 7) is 0.968. The van der Waals surface area contributed by atoms with E-state index < -0.39 is 10.0 Å². The zero-order valence-corrected chi connectivity index (χ0v) is 11.6. The number of hydrogen-bond acceptors (Lipinski definition) is 4. The molecule has 0 aromatic carbocycles. The van der Waals surface area contributed by atoms with Crippen LogP contribution in [-0.2, 0) is 10.0 Å². The maximum absolute atomic E-state index is 11.5. The van der Waals surface area contributed by atoms with Gasteiger partial charge in [0.1, 0.15) is 10.7 Å². The van der Waals surface area contributed by atoms with Gasteiger partial charge >= 0.3 is 0 Å². The molecular weight excluding hydrogens is 250 g/mol. The summed E-state index contributed by atoms with van der Waals surface area (Å²) in [7, 11) is -0.0104. The SMILES string of the molecule is CNS(=O)(=O)c1ccc(N(C)CCC2CC2)nc1. The van der Waals surface area contributed by atoms with Crippen LogP contribution in [0.15, 0.2) is 23.2 Å². The van der Waals surface area contributed by atoms with Gasteiger partial charge < -0.3 is 4.90 Å². The van der Waals surface area contributed by atoms with Gasteiger partial charge in [-0.1, -0.05) is 12.8 Å². The molecule has 1 aliphatic rings. The first-order valence-corrected chi connectivity index (χ1v) is 7.62. The Morgan fingerprint density at radius 1 is 1.44 bits per heavy atom. The molecule has 18 heavy (non-hydrogen) atoms. The van der Waals surface area contributed by atoms with E-state index in [1.165, 1.54) is 32.5 Å². The summed E-state index contributed by atoms with van der Waals surface area (Å²) in [4.78, 5) is 6.46. The molecule has 0 atom stereocenters. The molecular formula is C12H19N3O2S. The lowest BCUT2D eigenvalue weighted by atomic mass is 10.3. The molecule has 1 saturated carbocycles. The van der Waals surface area contributed by atoms with Crippen molar-refractivity contribution in [2.75, 3.05) is 25.5 Å². The molecule has 0 bridgehead atoms. The molecule has 1 aromatic rings. The van der Waals surface area contributed by atoms with Crippen molar-refractivity contribution in [3.8, 4) is 0 Å². The molecule has 1 aromatic heterocycles. The van der Waals surface area contributed by atoms with Crippen molar-refractivity contribution in [3.63, 3.8) is 0 Å². The van der Waals surface area contributed by atoms with Crippen molar-refractivity contribution in [1.82, 2.24) is 9.71 Å². The Kier molecular flexibility index (Phi) is 3.87. The summed E-state index contributed by atoms with van der Waals surface area (Å²) in [5.41, 5.74) is 0. The number of anilines is 1. The average molecular weight is 269 g/mol. The molecule has 100 valence electrons. The second-order valence-corrected chi connectivity index (χ2v) is 6.60. The molecule has 5 nitrogen and oxygen atoms in total. The van der Waals surface area contributed by atoms with Gasteiger partial charge in [0.05, 0.1) is 0 Å². The normalized spacial score (nSPS) is 15.7. The molecule has 2 rings (SSSR count). The van der Waals surface area contributed by atoms with Crippen LogP contribution < -0.4 is 9.62 Å². The second-order valence-electron chi connectivity index (χ2n) is 4.71. The third kappa shape index (κ3) is 3.20. The maximum Gasteiger partial charge on any atom is 0.241 e. The van der Waals surface area contributed by atoms with Gasteiger partial charge in [-0.05, 0) is 31.5 Å². The smallest absolute Gasteiger partial charge is 0.241 e. The van der Waals surface area contributed by atoms with Crippen molar-refractivity contribution in [2.24, 2.45) is 5.92 Å². The van der Waals surface area contributed by atoms with E-state index in [-0.39, 0.29) is 4.90 Å². The molecule has 1 fully saturated rings. The van der Waals surface area contributed by atoms with Crippen LogP contribution in [0.5, 0.6) is 0 Å². The molecule has 0 amide bonds. The summed E-state index contributed by atoms with van der Waals surface area (Å²) in [5.74, 6) is 1.70. The molecule has 0 saturated heterocycles. The third-order valence-corrected chi connectivity index (χ3v) is 4.66. The number of aromatic nitrogens is 1. The van der Waals surface area contributed by atoms with Gasteiger partial charge in [-0.15, -0.1) is 0 Å². The van der Waals surface area contributed by atoms with E-state index >= 15 is 0 Å². The van der Waals surface area contributed by atoms with E-state index in [1.807, 2.05) is 7.05 Å². The van der Waals surface area contributed by atoms with Crippen LogP contribution in [0.25, 0.3) is 0 Å². The molecule has 1 heterocycles. The van der Waals surface area contributed by atoms with Crippen LogP contribution in [0, 0.1) is 5.92 Å². The van der Waals surface area contributed by atoms with Crippen molar-refractivity contribution >= 4 is 15.8 Å². The minimum Gasteiger partial charge on any atom is -0.360 e. The molecule has 0 aliphatic heterocycles. The lowest BCUT2D eigenvalue weighted by molar-refractivity contribution is 0.588. The van der Waals surface area contributed by atoms with E-state index in [1.54, 1.807) is 12.1 Å². The molecule has 0 radical (unpaired) electrons. The summed E-state index contributed by atoms with van der Waals surface area (Å²) in [6, 6.07) is 3.33. The Balaban J connectivity index is 2.01. The Morgan fingerprint density at radius 3 is 2.67 bits per heavy atom. The van der Waals surface area contributed by atoms with E-state index in [0.717, 1.165) is 18.3 Å². The van der Waals surface area contributed by atoms with Crippen LogP contribution in [0.2, 0.25) is 0 Å². The first kappa shape index (κ1) is 13.3.